The molecule has 1 atom stereocenters. The van der Waals surface area contributed by atoms with Gasteiger partial charge in [0.1, 0.15) is 11.9 Å². The van der Waals surface area contributed by atoms with Crippen LogP contribution in [0.3, 0.4) is 0 Å². The van der Waals surface area contributed by atoms with Crippen molar-refractivity contribution in [1.82, 2.24) is 9.78 Å². The molecule has 1 aromatic heterocycles. The first kappa shape index (κ1) is 13.1. The smallest absolute Gasteiger partial charge is 0.125 e. The second kappa shape index (κ2) is 5.50. The summed E-state index contributed by atoms with van der Waals surface area (Å²) in [7, 11) is 0. The van der Waals surface area contributed by atoms with Gasteiger partial charge >= 0.3 is 0 Å². The zero-order valence-electron chi connectivity index (χ0n) is 9.98. The average molecular weight is 269 g/mol. The third kappa shape index (κ3) is 2.89. The Kier molecular flexibility index (Phi) is 3.99. The first-order valence-corrected chi connectivity index (χ1v) is 6.14. The van der Waals surface area contributed by atoms with E-state index in [1.165, 1.54) is 12.1 Å². The minimum atomic E-state index is -0.913. The minimum absolute atomic E-state index is 0.269. The predicted molar refractivity (Wildman–Crippen MR) is 68.0 cm³/mol. The van der Waals surface area contributed by atoms with Crippen LogP contribution in [-0.2, 0) is 6.54 Å². The maximum Gasteiger partial charge on any atom is 0.125 e. The maximum absolute atomic E-state index is 13.2. The number of aromatic nitrogens is 2. The highest BCUT2D eigenvalue weighted by molar-refractivity contribution is 6.30. The molecule has 0 amide bonds. The molecule has 2 aromatic rings. The highest BCUT2D eigenvalue weighted by Crippen LogP contribution is 2.25. The van der Waals surface area contributed by atoms with Gasteiger partial charge in [0, 0.05) is 23.3 Å². The highest BCUT2D eigenvalue weighted by atomic mass is 35.5. The van der Waals surface area contributed by atoms with Gasteiger partial charge in [0.15, 0.2) is 0 Å². The number of hydrogen-bond acceptors (Lipinski definition) is 2. The van der Waals surface area contributed by atoms with Gasteiger partial charge in [-0.3, -0.25) is 4.68 Å². The Morgan fingerprint density at radius 2 is 2.17 bits per heavy atom. The fraction of sp³-hybridized carbons (Fsp3) is 0.308. The van der Waals surface area contributed by atoms with Gasteiger partial charge in [0.05, 0.1) is 6.20 Å². The molecule has 1 aromatic carbocycles. The molecule has 1 heterocycles. The predicted octanol–water partition coefficient (Wildman–Crippen LogP) is 3.17. The SMILES string of the molecule is CCCn1cc(C(O)c2cc(F)cc(Cl)c2)cn1. The summed E-state index contributed by atoms with van der Waals surface area (Å²) in [6, 6.07) is 4.03. The number of aryl methyl sites for hydroxylation is 1. The van der Waals surface area contributed by atoms with Crippen molar-refractivity contribution in [2.24, 2.45) is 0 Å². The van der Waals surface area contributed by atoms with Crippen molar-refractivity contribution in [2.45, 2.75) is 26.0 Å². The summed E-state index contributed by atoms with van der Waals surface area (Å²) in [5.41, 5.74) is 1.06. The molecule has 5 heteroatoms. The monoisotopic (exact) mass is 268 g/mol. The van der Waals surface area contributed by atoms with Gasteiger partial charge in [-0.25, -0.2) is 4.39 Å². The molecule has 0 fully saturated rings. The van der Waals surface area contributed by atoms with Gasteiger partial charge < -0.3 is 5.11 Å². The van der Waals surface area contributed by atoms with Crippen molar-refractivity contribution >= 4 is 11.6 Å². The molecular formula is C13H14ClFN2O. The van der Waals surface area contributed by atoms with E-state index in [2.05, 4.69) is 5.10 Å². The lowest BCUT2D eigenvalue weighted by Crippen LogP contribution is -2.00. The van der Waals surface area contributed by atoms with Crippen molar-refractivity contribution in [2.75, 3.05) is 0 Å². The molecule has 0 bridgehead atoms. The molecule has 0 aliphatic heterocycles. The molecule has 2 rings (SSSR count). The summed E-state index contributed by atoms with van der Waals surface area (Å²) in [4.78, 5) is 0. The number of aliphatic hydroxyl groups is 1. The van der Waals surface area contributed by atoms with Gasteiger partial charge in [-0.2, -0.15) is 5.10 Å². The number of hydrogen-bond donors (Lipinski definition) is 1. The average Bonchev–Trinajstić information content (AvgIpc) is 2.76. The summed E-state index contributed by atoms with van der Waals surface area (Å²) in [6.07, 6.45) is 3.39. The number of benzene rings is 1. The Morgan fingerprint density at radius 1 is 1.39 bits per heavy atom. The van der Waals surface area contributed by atoms with Crippen LogP contribution in [0.4, 0.5) is 4.39 Å². The Balaban J connectivity index is 2.26. The van der Waals surface area contributed by atoms with Crippen LogP contribution >= 0.6 is 11.6 Å². The van der Waals surface area contributed by atoms with E-state index in [1.54, 1.807) is 23.1 Å². The standard InChI is InChI=1S/C13H14ClFN2O/c1-2-3-17-8-10(7-16-17)13(18)9-4-11(14)6-12(15)5-9/h4-8,13,18H,2-3H2,1H3. The first-order chi connectivity index (χ1) is 8.60. The van der Waals surface area contributed by atoms with E-state index in [-0.39, 0.29) is 5.02 Å². The number of rotatable bonds is 4. The Labute approximate surface area is 110 Å². The van der Waals surface area contributed by atoms with Gasteiger partial charge in [-0.1, -0.05) is 18.5 Å². The normalized spacial score (nSPS) is 12.7. The first-order valence-electron chi connectivity index (χ1n) is 5.76. The van der Waals surface area contributed by atoms with Gasteiger partial charge in [-0.15, -0.1) is 0 Å². The van der Waals surface area contributed by atoms with Crippen molar-refractivity contribution in [3.8, 4) is 0 Å². The van der Waals surface area contributed by atoms with Crippen molar-refractivity contribution in [3.63, 3.8) is 0 Å². The van der Waals surface area contributed by atoms with E-state index >= 15 is 0 Å². The summed E-state index contributed by atoms with van der Waals surface area (Å²) in [6.45, 7) is 2.83. The topological polar surface area (TPSA) is 38.0 Å². The Morgan fingerprint density at radius 3 is 2.83 bits per heavy atom. The third-order valence-corrected chi connectivity index (χ3v) is 2.84. The molecule has 1 unspecified atom stereocenters. The molecule has 3 nitrogen and oxygen atoms in total. The molecule has 0 saturated carbocycles. The molecule has 18 heavy (non-hydrogen) atoms. The largest absolute Gasteiger partial charge is 0.384 e. The van der Waals surface area contributed by atoms with Crippen molar-refractivity contribution in [3.05, 3.63) is 52.6 Å². The van der Waals surface area contributed by atoms with Crippen LogP contribution < -0.4 is 0 Å². The van der Waals surface area contributed by atoms with Crippen LogP contribution in [-0.4, -0.2) is 14.9 Å². The Bertz CT molecular complexity index is 521. The van der Waals surface area contributed by atoms with E-state index < -0.39 is 11.9 Å². The Hall–Kier alpha value is -1.39. The zero-order chi connectivity index (χ0) is 13.1. The quantitative estimate of drug-likeness (QED) is 0.925. The van der Waals surface area contributed by atoms with Gasteiger partial charge in [0.2, 0.25) is 0 Å². The zero-order valence-corrected chi connectivity index (χ0v) is 10.7. The number of nitrogens with zero attached hydrogens (tertiary/aromatic N) is 2. The molecule has 0 aliphatic carbocycles. The van der Waals surface area contributed by atoms with E-state index in [0.717, 1.165) is 13.0 Å². The van der Waals surface area contributed by atoms with Gasteiger partial charge in [0.25, 0.3) is 0 Å². The lowest BCUT2D eigenvalue weighted by Gasteiger charge is -2.09. The molecule has 0 radical (unpaired) electrons. The molecule has 0 saturated heterocycles. The molecule has 0 spiro atoms. The van der Waals surface area contributed by atoms with Crippen LogP contribution in [0.25, 0.3) is 0 Å². The molecule has 0 aliphatic rings. The minimum Gasteiger partial charge on any atom is -0.384 e. The third-order valence-electron chi connectivity index (χ3n) is 2.62. The molecule has 1 N–H and O–H groups in total. The summed E-state index contributed by atoms with van der Waals surface area (Å²) >= 11 is 5.76. The van der Waals surface area contributed by atoms with Crippen LogP contribution in [0.2, 0.25) is 5.02 Å². The molecule has 96 valence electrons. The van der Waals surface area contributed by atoms with Gasteiger partial charge in [-0.05, 0) is 30.2 Å². The van der Waals surface area contributed by atoms with Crippen LogP contribution in [0.15, 0.2) is 30.6 Å². The van der Waals surface area contributed by atoms with Crippen LogP contribution in [0, 0.1) is 5.82 Å². The molecular weight excluding hydrogens is 255 g/mol. The highest BCUT2D eigenvalue weighted by Gasteiger charge is 2.14. The van der Waals surface area contributed by atoms with E-state index in [9.17, 15) is 9.50 Å². The van der Waals surface area contributed by atoms with E-state index in [0.29, 0.717) is 11.1 Å². The van der Waals surface area contributed by atoms with E-state index in [4.69, 9.17) is 11.6 Å². The maximum atomic E-state index is 13.2. The summed E-state index contributed by atoms with van der Waals surface area (Å²) < 4.78 is 15.0. The second-order valence-electron chi connectivity index (χ2n) is 4.14. The number of aliphatic hydroxyl groups excluding tert-OH is 1. The number of halogens is 2. The summed E-state index contributed by atoms with van der Waals surface area (Å²) in [5, 5.41) is 14.5. The van der Waals surface area contributed by atoms with Crippen molar-refractivity contribution < 1.29 is 9.50 Å². The van der Waals surface area contributed by atoms with E-state index in [1.807, 2.05) is 6.92 Å². The fourth-order valence-corrected chi connectivity index (χ4v) is 2.03. The lowest BCUT2D eigenvalue weighted by atomic mass is 10.0. The summed E-state index contributed by atoms with van der Waals surface area (Å²) in [5.74, 6) is -0.461. The second-order valence-corrected chi connectivity index (χ2v) is 4.58. The van der Waals surface area contributed by atoms with Crippen LogP contribution in [0.1, 0.15) is 30.6 Å². The van der Waals surface area contributed by atoms with Crippen molar-refractivity contribution in [1.29, 1.82) is 0 Å². The fourth-order valence-electron chi connectivity index (χ4n) is 1.80. The van der Waals surface area contributed by atoms with Crippen LogP contribution in [0.5, 0.6) is 0 Å². The lowest BCUT2D eigenvalue weighted by molar-refractivity contribution is 0.219.